The summed E-state index contributed by atoms with van der Waals surface area (Å²) in [7, 11) is 0. The van der Waals surface area contributed by atoms with E-state index < -0.39 is 11.9 Å². The van der Waals surface area contributed by atoms with E-state index in [2.05, 4.69) is 16.0 Å². The summed E-state index contributed by atoms with van der Waals surface area (Å²) in [5.41, 5.74) is 1.73. The van der Waals surface area contributed by atoms with Crippen molar-refractivity contribution in [2.24, 2.45) is 0 Å². The number of carbonyl (C=O) groups is 1. The second-order valence-electron chi connectivity index (χ2n) is 5.53. The highest BCUT2D eigenvalue weighted by molar-refractivity contribution is 7.80. The number of allylic oxidation sites excluding steroid dienone is 1. The Bertz CT molecular complexity index is 884. The highest BCUT2D eigenvalue weighted by atomic mass is 35.5. The number of benzene rings is 2. The van der Waals surface area contributed by atoms with Gasteiger partial charge in [0.1, 0.15) is 5.82 Å². The van der Waals surface area contributed by atoms with Gasteiger partial charge >= 0.3 is 0 Å². The first-order valence-electron chi connectivity index (χ1n) is 7.56. The quantitative estimate of drug-likeness (QED) is 0.712. The molecule has 0 bridgehead atoms. The highest BCUT2D eigenvalue weighted by Crippen LogP contribution is 2.30. The zero-order valence-corrected chi connectivity index (χ0v) is 14.8. The van der Waals surface area contributed by atoms with Gasteiger partial charge in [0, 0.05) is 11.3 Å². The molecule has 0 saturated carbocycles. The molecule has 0 spiro atoms. The maximum atomic E-state index is 14.3. The molecule has 1 amide bonds. The molecule has 1 heterocycles. The second-order valence-corrected chi connectivity index (χ2v) is 6.34. The Kier molecular flexibility index (Phi) is 5.01. The van der Waals surface area contributed by atoms with Crippen molar-refractivity contribution >= 4 is 40.5 Å². The molecule has 128 valence electrons. The van der Waals surface area contributed by atoms with Gasteiger partial charge in [0.15, 0.2) is 5.11 Å². The largest absolute Gasteiger partial charge is 0.351 e. The van der Waals surface area contributed by atoms with Crippen LogP contribution in [0.1, 0.15) is 18.5 Å². The second kappa shape index (κ2) is 7.21. The minimum Gasteiger partial charge on any atom is -0.351 e. The molecule has 2 aromatic carbocycles. The van der Waals surface area contributed by atoms with Crippen molar-refractivity contribution in [3.63, 3.8) is 0 Å². The van der Waals surface area contributed by atoms with E-state index in [1.807, 2.05) is 0 Å². The van der Waals surface area contributed by atoms with Crippen LogP contribution in [0.5, 0.6) is 0 Å². The minimum atomic E-state index is -0.697. The summed E-state index contributed by atoms with van der Waals surface area (Å²) in [6, 6.07) is 12.5. The molecule has 3 N–H and O–H groups in total. The van der Waals surface area contributed by atoms with Gasteiger partial charge in [-0.15, -0.1) is 0 Å². The van der Waals surface area contributed by atoms with Crippen molar-refractivity contribution in [2.75, 3.05) is 5.32 Å². The molecule has 25 heavy (non-hydrogen) atoms. The van der Waals surface area contributed by atoms with Gasteiger partial charge in [-0.2, -0.15) is 0 Å². The molecule has 0 aromatic heterocycles. The number of anilines is 1. The summed E-state index contributed by atoms with van der Waals surface area (Å²) in [6.45, 7) is 1.72. The molecule has 0 radical (unpaired) electrons. The normalized spacial score (nSPS) is 16.9. The number of halogens is 2. The van der Waals surface area contributed by atoms with E-state index in [0.717, 1.165) is 0 Å². The number of carbonyl (C=O) groups excluding carboxylic acids is 1. The van der Waals surface area contributed by atoms with Crippen LogP contribution in [-0.2, 0) is 4.79 Å². The molecule has 0 saturated heterocycles. The van der Waals surface area contributed by atoms with Crippen LogP contribution in [0.2, 0.25) is 5.02 Å². The molecule has 1 atom stereocenters. The summed E-state index contributed by atoms with van der Waals surface area (Å²) in [5.74, 6) is -0.804. The molecule has 0 fully saturated rings. The summed E-state index contributed by atoms with van der Waals surface area (Å²) in [4.78, 5) is 12.9. The van der Waals surface area contributed by atoms with Crippen LogP contribution < -0.4 is 16.0 Å². The summed E-state index contributed by atoms with van der Waals surface area (Å²) >= 11 is 11.3. The lowest BCUT2D eigenvalue weighted by Gasteiger charge is -2.30. The monoisotopic (exact) mass is 375 g/mol. The summed E-state index contributed by atoms with van der Waals surface area (Å²) in [5, 5.41) is 9.40. The summed E-state index contributed by atoms with van der Waals surface area (Å²) < 4.78 is 14.3. The lowest BCUT2D eigenvalue weighted by atomic mass is 9.94. The first-order valence-corrected chi connectivity index (χ1v) is 8.34. The van der Waals surface area contributed by atoms with Crippen LogP contribution >= 0.6 is 23.8 Å². The maximum Gasteiger partial charge on any atom is 0.255 e. The number of nitrogens with one attached hydrogen (secondary N) is 3. The van der Waals surface area contributed by atoms with Crippen molar-refractivity contribution in [2.45, 2.75) is 13.0 Å². The van der Waals surface area contributed by atoms with Gasteiger partial charge < -0.3 is 16.0 Å². The van der Waals surface area contributed by atoms with E-state index in [-0.39, 0.29) is 5.91 Å². The predicted molar refractivity (Wildman–Crippen MR) is 101 cm³/mol. The van der Waals surface area contributed by atoms with Crippen molar-refractivity contribution in [3.8, 4) is 0 Å². The van der Waals surface area contributed by atoms with Gasteiger partial charge in [-0.3, -0.25) is 4.79 Å². The molecule has 3 rings (SSSR count). The lowest BCUT2D eigenvalue weighted by Crippen LogP contribution is -2.46. The van der Waals surface area contributed by atoms with Crippen LogP contribution in [-0.4, -0.2) is 11.0 Å². The third kappa shape index (κ3) is 3.65. The first kappa shape index (κ1) is 17.4. The average Bonchev–Trinajstić information content (AvgIpc) is 2.56. The number of para-hydroxylation sites is 1. The Morgan fingerprint density at radius 3 is 2.60 bits per heavy atom. The van der Waals surface area contributed by atoms with Crippen LogP contribution in [0.3, 0.4) is 0 Å². The minimum absolute atomic E-state index is 0.333. The molecule has 4 nitrogen and oxygen atoms in total. The molecule has 0 aliphatic carbocycles. The fraction of sp³-hybridized carbons (Fsp3) is 0.111. The zero-order valence-electron chi connectivity index (χ0n) is 13.3. The van der Waals surface area contributed by atoms with Crippen LogP contribution in [0, 0.1) is 5.82 Å². The number of hydrogen-bond acceptors (Lipinski definition) is 2. The number of hydrogen-bond donors (Lipinski definition) is 3. The molecule has 2 aromatic rings. The lowest BCUT2D eigenvalue weighted by molar-refractivity contribution is -0.113. The smallest absolute Gasteiger partial charge is 0.255 e. The maximum absolute atomic E-state index is 14.3. The first-order chi connectivity index (χ1) is 12.0. The zero-order chi connectivity index (χ0) is 18.0. The van der Waals surface area contributed by atoms with E-state index in [1.165, 1.54) is 6.07 Å². The van der Waals surface area contributed by atoms with E-state index in [0.29, 0.717) is 32.7 Å². The fourth-order valence-corrected chi connectivity index (χ4v) is 3.14. The topological polar surface area (TPSA) is 53.2 Å². The van der Waals surface area contributed by atoms with Crippen molar-refractivity contribution in [3.05, 3.63) is 76.2 Å². The third-order valence-electron chi connectivity index (χ3n) is 3.85. The van der Waals surface area contributed by atoms with Crippen molar-refractivity contribution < 1.29 is 9.18 Å². The van der Waals surface area contributed by atoms with Gasteiger partial charge in [0.2, 0.25) is 0 Å². The Morgan fingerprint density at radius 1 is 1.20 bits per heavy atom. The Balaban J connectivity index is 1.99. The molecular formula is C18H15ClFN3OS. The fourth-order valence-electron chi connectivity index (χ4n) is 2.69. The van der Waals surface area contributed by atoms with Gasteiger partial charge in [-0.25, -0.2) is 4.39 Å². The average molecular weight is 376 g/mol. The Hall–Kier alpha value is -2.44. The highest BCUT2D eigenvalue weighted by Gasteiger charge is 2.31. The van der Waals surface area contributed by atoms with Gasteiger partial charge in [0.25, 0.3) is 5.91 Å². The number of rotatable bonds is 3. The van der Waals surface area contributed by atoms with Crippen molar-refractivity contribution in [1.29, 1.82) is 0 Å². The van der Waals surface area contributed by atoms with Gasteiger partial charge in [0.05, 0.1) is 22.3 Å². The van der Waals surface area contributed by atoms with Gasteiger partial charge in [-0.05, 0) is 37.3 Å². The molecule has 7 heteroatoms. The number of amides is 1. The number of thiocarbonyl (C=S) groups is 1. The third-order valence-corrected chi connectivity index (χ3v) is 4.40. The predicted octanol–water partition coefficient (Wildman–Crippen LogP) is 3.91. The van der Waals surface area contributed by atoms with E-state index in [1.54, 1.807) is 49.4 Å². The molecule has 1 aliphatic rings. The van der Waals surface area contributed by atoms with E-state index >= 15 is 0 Å². The summed E-state index contributed by atoms with van der Waals surface area (Å²) in [6.07, 6.45) is 0. The van der Waals surface area contributed by atoms with Crippen LogP contribution in [0.25, 0.3) is 0 Å². The Morgan fingerprint density at radius 2 is 1.88 bits per heavy atom. The van der Waals surface area contributed by atoms with Crippen LogP contribution in [0.4, 0.5) is 10.1 Å². The van der Waals surface area contributed by atoms with Gasteiger partial charge in [-0.1, -0.05) is 41.9 Å². The SMILES string of the molecule is CC1=C(C(=O)Nc2ccccc2Cl)C(c2ccccc2F)NC(=S)N1. The van der Waals surface area contributed by atoms with E-state index in [4.69, 9.17) is 23.8 Å². The molecular weight excluding hydrogens is 361 g/mol. The van der Waals surface area contributed by atoms with Crippen LogP contribution in [0.15, 0.2) is 59.8 Å². The van der Waals surface area contributed by atoms with E-state index in [9.17, 15) is 9.18 Å². The molecule has 1 unspecified atom stereocenters. The van der Waals surface area contributed by atoms with Crippen molar-refractivity contribution in [1.82, 2.24) is 10.6 Å². The standard InChI is InChI=1S/C18H15ClFN3OS/c1-10-15(17(24)22-14-9-5-3-7-12(14)19)16(23-18(25)21-10)11-6-2-4-8-13(11)20/h2-9,16H,1H3,(H,22,24)(H2,21,23,25). The molecule has 1 aliphatic heterocycles. The Labute approximate surface area is 155 Å².